The van der Waals surface area contributed by atoms with Crippen molar-refractivity contribution in [3.8, 4) is 0 Å². The number of rotatable bonds is 5. The van der Waals surface area contributed by atoms with Gasteiger partial charge in [-0.1, -0.05) is 24.9 Å². The van der Waals surface area contributed by atoms with E-state index in [1.54, 1.807) is 6.92 Å². The SMILES string of the molecule is CCCCCN1CCO[C@@H](c2noc(C)n2)C1. The minimum atomic E-state index is -0.0252. The van der Waals surface area contributed by atoms with Crippen LogP contribution in [0.3, 0.4) is 0 Å². The third-order valence-electron chi connectivity index (χ3n) is 3.06. The molecule has 2 rings (SSSR count). The van der Waals surface area contributed by atoms with Gasteiger partial charge in [-0.25, -0.2) is 0 Å². The monoisotopic (exact) mass is 239 g/mol. The van der Waals surface area contributed by atoms with Crippen LogP contribution in [0.4, 0.5) is 0 Å². The van der Waals surface area contributed by atoms with Gasteiger partial charge in [0.25, 0.3) is 0 Å². The second-order valence-electron chi connectivity index (χ2n) is 4.54. The molecule has 0 N–H and O–H groups in total. The number of unbranched alkanes of at least 4 members (excludes halogenated alkanes) is 2. The van der Waals surface area contributed by atoms with E-state index in [0.717, 1.165) is 26.2 Å². The maximum atomic E-state index is 5.69. The lowest BCUT2D eigenvalue weighted by molar-refractivity contribution is -0.0355. The first-order valence-electron chi connectivity index (χ1n) is 6.43. The zero-order valence-corrected chi connectivity index (χ0v) is 10.7. The van der Waals surface area contributed by atoms with Gasteiger partial charge in [-0.2, -0.15) is 4.98 Å². The number of ether oxygens (including phenoxy) is 1. The van der Waals surface area contributed by atoms with Crippen LogP contribution in [0.15, 0.2) is 4.52 Å². The Morgan fingerprint density at radius 2 is 2.29 bits per heavy atom. The summed E-state index contributed by atoms with van der Waals surface area (Å²) < 4.78 is 10.7. The Morgan fingerprint density at radius 1 is 1.41 bits per heavy atom. The van der Waals surface area contributed by atoms with Crippen LogP contribution >= 0.6 is 0 Å². The van der Waals surface area contributed by atoms with Crippen molar-refractivity contribution in [3.05, 3.63) is 11.7 Å². The lowest BCUT2D eigenvalue weighted by atomic mass is 10.2. The molecular weight excluding hydrogens is 218 g/mol. The fourth-order valence-corrected chi connectivity index (χ4v) is 2.09. The van der Waals surface area contributed by atoms with E-state index in [1.165, 1.54) is 19.3 Å². The molecule has 0 aliphatic carbocycles. The molecule has 5 heteroatoms. The fraction of sp³-hybridized carbons (Fsp3) is 0.833. The molecule has 0 amide bonds. The number of morpholine rings is 1. The van der Waals surface area contributed by atoms with Crippen LogP contribution < -0.4 is 0 Å². The molecule has 0 bridgehead atoms. The Bertz CT molecular complexity index is 340. The van der Waals surface area contributed by atoms with Gasteiger partial charge in [0.15, 0.2) is 0 Å². The van der Waals surface area contributed by atoms with E-state index in [0.29, 0.717) is 11.7 Å². The van der Waals surface area contributed by atoms with Gasteiger partial charge in [0, 0.05) is 20.0 Å². The van der Waals surface area contributed by atoms with Crippen molar-refractivity contribution in [2.24, 2.45) is 0 Å². The van der Waals surface area contributed by atoms with Crippen LogP contribution in [-0.2, 0) is 4.74 Å². The normalized spacial score (nSPS) is 21.9. The Hall–Kier alpha value is -0.940. The average Bonchev–Trinajstić information content (AvgIpc) is 2.77. The number of aryl methyl sites for hydroxylation is 1. The van der Waals surface area contributed by atoms with E-state index in [1.807, 2.05) is 0 Å². The Labute approximate surface area is 102 Å². The molecule has 1 saturated heterocycles. The number of hydrogen-bond donors (Lipinski definition) is 0. The first-order valence-corrected chi connectivity index (χ1v) is 6.43. The number of hydrogen-bond acceptors (Lipinski definition) is 5. The summed E-state index contributed by atoms with van der Waals surface area (Å²) in [4.78, 5) is 6.66. The lowest BCUT2D eigenvalue weighted by Gasteiger charge is -2.31. The predicted octanol–water partition coefficient (Wildman–Crippen LogP) is 1.94. The smallest absolute Gasteiger partial charge is 0.223 e. The molecule has 1 aromatic rings. The zero-order chi connectivity index (χ0) is 12.1. The number of nitrogens with zero attached hydrogens (tertiary/aromatic N) is 3. The lowest BCUT2D eigenvalue weighted by Crippen LogP contribution is -2.39. The van der Waals surface area contributed by atoms with Crippen molar-refractivity contribution < 1.29 is 9.26 Å². The quantitative estimate of drug-likeness (QED) is 0.735. The molecular formula is C12H21N3O2. The van der Waals surface area contributed by atoms with Crippen molar-refractivity contribution in [1.82, 2.24) is 15.0 Å². The highest BCUT2D eigenvalue weighted by atomic mass is 16.5. The molecule has 1 aliphatic heterocycles. The number of aromatic nitrogens is 2. The Morgan fingerprint density at radius 3 is 3.00 bits per heavy atom. The maximum absolute atomic E-state index is 5.69. The van der Waals surface area contributed by atoms with Crippen LogP contribution in [0.2, 0.25) is 0 Å². The Balaban J connectivity index is 1.84. The molecule has 1 aliphatic rings. The van der Waals surface area contributed by atoms with E-state index in [2.05, 4.69) is 22.0 Å². The van der Waals surface area contributed by atoms with E-state index >= 15 is 0 Å². The highest BCUT2D eigenvalue weighted by Gasteiger charge is 2.25. The minimum Gasteiger partial charge on any atom is -0.367 e. The van der Waals surface area contributed by atoms with E-state index < -0.39 is 0 Å². The zero-order valence-electron chi connectivity index (χ0n) is 10.7. The first-order chi connectivity index (χ1) is 8.29. The molecule has 1 atom stereocenters. The van der Waals surface area contributed by atoms with Crippen molar-refractivity contribution >= 4 is 0 Å². The summed E-state index contributed by atoms with van der Waals surface area (Å²) in [6.45, 7) is 7.82. The van der Waals surface area contributed by atoms with Crippen molar-refractivity contribution in [1.29, 1.82) is 0 Å². The Kier molecular flexibility index (Phi) is 4.50. The second kappa shape index (κ2) is 6.12. The second-order valence-corrected chi connectivity index (χ2v) is 4.54. The molecule has 1 aromatic heterocycles. The molecule has 0 unspecified atom stereocenters. The van der Waals surface area contributed by atoms with Gasteiger partial charge < -0.3 is 9.26 Å². The summed E-state index contributed by atoms with van der Waals surface area (Å²) in [7, 11) is 0. The molecule has 0 spiro atoms. The van der Waals surface area contributed by atoms with Gasteiger partial charge >= 0.3 is 0 Å². The van der Waals surface area contributed by atoms with Gasteiger partial charge in [0.2, 0.25) is 11.7 Å². The maximum Gasteiger partial charge on any atom is 0.223 e. The summed E-state index contributed by atoms with van der Waals surface area (Å²) in [5.41, 5.74) is 0. The highest BCUT2D eigenvalue weighted by molar-refractivity contribution is 4.92. The van der Waals surface area contributed by atoms with Crippen LogP contribution in [0, 0.1) is 6.92 Å². The fourth-order valence-electron chi connectivity index (χ4n) is 2.09. The van der Waals surface area contributed by atoms with Gasteiger partial charge in [-0.3, -0.25) is 4.90 Å². The van der Waals surface area contributed by atoms with Crippen LogP contribution in [0.5, 0.6) is 0 Å². The van der Waals surface area contributed by atoms with E-state index in [9.17, 15) is 0 Å². The van der Waals surface area contributed by atoms with Crippen LogP contribution in [-0.4, -0.2) is 41.3 Å². The van der Waals surface area contributed by atoms with Gasteiger partial charge in [-0.05, 0) is 13.0 Å². The van der Waals surface area contributed by atoms with E-state index in [-0.39, 0.29) is 6.10 Å². The third-order valence-corrected chi connectivity index (χ3v) is 3.06. The highest BCUT2D eigenvalue weighted by Crippen LogP contribution is 2.19. The van der Waals surface area contributed by atoms with Crippen molar-refractivity contribution in [2.75, 3.05) is 26.2 Å². The molecule has 0 aromatic carbocycles. The summed E-state index contributed by atoms with van der Waals surface area (Å²) in [6.07, 6.45) is 3.79. The average molecular weight is 239 g/mol. The van der Waals surface area contributed by atoms with Gasteiger partial charge in [0.1, 0.15) is 6.10 Å². The van der Waals surface area contributed by atoms with Gasteiger partial charge in [-0.15, -0.1) is 0 Å². The van der Waals surface area contributed by atoms with Crippen LogP contribution in [0.1, 0.15) is 44.0 Å². The predicted molar refractivity (Wildman–Crippen MR) is 63.7 cm³/mol. The summed E-state index contributed by atoms with van der Waals surface area (Å²) in [5.74, 6) is 1.29. The topological polar surface area (TPSA) is 51.4 Å². The third kappa shape index (κ3) is 3.51. The largest absolute Gasteiger partial charge is 0.367 e. The standard InChI is InChI=1S/C12H21N3O2/c1-3-4-5-6-15-7-8-16-11(9-15)12-13-10(2)17-14-12/h11H,3-9H2,1-2H3/t11-/m1/s1. The molecule has 0 saturated carbocycles. The molecule has 1 fully saturated rings. The van der Waals surface area contributed by atoms with E-state index in [4.69, 9.17) is 9.26 Å². The molecule has 5 nitrogen and oxygen atoms in total. The van der Waals surface area contributed by atoms with Gasteiger partial charge in [0.05, 0.1) is 6.61 Å². The van der Waals surface area contributed by atoms with Crippen molar-refractivity contribution in [3.63, 3.8) is 0 Å². The molecule has 0 radical (unpaired) electrons. The summed E-state index contributed by atoms with van der Waals surface area (Å²) in [5, 5.41) is 3.93. The minimum absolute atomic E-state index is 0.0252. The molecule has 96 valence electrons. The summed E-state index contributed by atoms with van der Waals surface area (Å²) in [6, 6.07) is 0. The van der Waals surface area contributed by atoms with Crippen molar-refractivity contribution in [2.45, 2.75) is 39.2 Å². The first kappa shape index (κ1) is 12.5. The van der Waals surface area contributed by atoms with Crippen LogP contribution in [0.25, 0.3) is 0 Å². The molecule has 17 heavy (non-hydrogen) atoms. The molecule has 2 heterocycles. The summed E-state index contributed by atoms with van der Waals surface area (Å²) >= 11 is 0.